The van der Waals surface area contributed by atoms with Gasteiger partial charge in [0.25, 0.3) is 0 Å². The maximum absolute atomic E-state index is 11.8. The fourth-order valence-electron chi connectivity index (χ4n) is 2.07. The molecule has 0 aliphatic heterocycles. The van der Waals surface area contributed by atoms with E-state index in [0.29, 0.717) is 12.8 Å². The number of thiocarbonyl (C=S) groups is 1. The monoisotopic (exact) mass is 341 g/mol. The lowest BCUT2D eigenvalue weighted by Gasteiger charge is -2.11. The van der Waals surface area contributed by atoms with Crippen LogP contribution in [0.5, 0.6) is 0 Å². The number of hydrogen-bond acceptors (Lipinski definition) is 3. The molecule has 0 spiro atoms. The summed E-state index contributed by atoms with van der Waals surface area (Å²) in [5.74, 6) is -0.434. The lowest BCUT2D eigenvalue weighted by Crippen LogP contribution is -2.48. The second kappa shape index (κ2) is 9.42. The van der Waals surface area contributed by atoms with Gasteiger partial charge in [-0.05, 0) is 29.8 Å². The number of carbonyl (C=O) groups is 2. The van der Waals surface area contributed by atoms with Crippen LogP contribution in [0.1, 0.15) is 17.5 Å². The molecule has 24 heavy (non-hydrogen) atoms. The van der Waals surface area contributed by atoms with Crippen molar-refractivity contribution >= 4 is 29.1 Å². The number of hydrogen-bond donors (Lipinski definition) is 3. The summed E-state index contributed by atoms with van der Waals surface area (Å²) in [4.78, 5) is 23.6. The van der Waals surface area contributed by atoms with Crippen molar-refractivity contribution in [3.8, 4) is 0 Å². The van der Waals surface area contributed by atoms with Gasteiger partial charge in [-0.25, -0.2) is 0 Å². The van der Waals surface area contributed by atoms with E-state index >= 15 is 0 Å². The average molecular weight is 341 g/mol. The Labute approximate surface area is 146 Å². The molecule has 0 saturated carbocycles. The lowest BCUT2D eigenvalue weighted by atomic mass is 10.1. The summed E-state index contributed by atoms with van der Waals surface area (Å²) >= 11 is 4.99. The fourth-order valence-corrected chi connectivity index (χ4v) is 2.24. The Morgan fingerprint density at radius 1 is 0.792 bits per heavy atom. The molecule has 0 aliphatic rings. The summed E-state index contributed by atoms with van der Waals surface area (Å²) in [5.41, 5.74) is 6.98. The molecule has 3 N–H and O–H groups in total. The molecular weight excluding hydrogens is 322 g/mol. The van der Waals surface area contributed by atoms with Crippen LogP contribution in [0.4, 0.5) is 0 Å². The summed E-state index contributed by atoms with van der Waals surface area (Å²) in [6.45, 7) is 0. The molecule has 2 amide bonds. The third-order valence-electron chi connectivity index (χ3n) is 3.26. The van der Waals surface area contributed by atoms with Crippen molar-refractivity contribution in [1.82, 2.24) is 16.2 Å². The van der Waals surface area contributed by atoms with Gasteiger partial charge in [0.1, 0.15) is 0 Å². The third-order valence-corrected chi connectivity index (χ3v) is 3.46. The normalized spacial score (nSPS) is 9.83. The summed E-state index contributed by atoms with van der Waals surface area (Å²) in [5, 5.41) is 2.61. The summed E-state index contributed by atoms with van der Waals surface area (Å²) in [6.07, 6.45) is 1.19. The molecule has 0 atom stereocenters. The molecule has 2 aromatic rings. The smallest absolute Gasteiger partial charge is 0.242 e. The zero-order valence-corrected chi connectivity index (χ0v) is 13.9. The summed E-state index contributed by atoms with van der Waals surface area (Å²) in [7, 11) is 0. The van der Waals surface area contributed by atoms with E-state index in [1.807, 2.05) is 60.7 Å². The predicted molar refractivity (Wildman–Crippen MR) is 96.9 cm³/mol. The highest BCUT2D eigenvalue weighted by Crippen LogP contribution is 2.02. The first-order valence-corrected chi connectivity index (χ1v) is 8.01. The van der Waals surface area contributed by atoms with E-state index in [2.05, 4.69) is 16.2 Å². The summed E-state index contributed by atoms with van der Waals surface area (Å²) in [6, 6.07) is 19.1. The molecule has 0 aromatic heterocycles. The highest BCUT2D eigenvalue weighted by atomic mass is 32.1. The Kier molecular flexibility index (Phi) is 6.91. The van der Waals surface area contributed by atoms with Gasteiger partial charge in [-0.2, -0.15) is 0 Å². The molecule has 124 valence electrons. The van der Waals surface area contributed by atoms with Gasteiger partial charge in [-0.15, -0.1) is 0 Å². The van der Waals surface area contributed by atoms with Crippen LogP contribution in [-0.2, 0) is 22.4 Å². The van der Waals surface area contributed by atoms with Crippen LogP contribution in [0, 0.1) is 0 Å². The first-order chi connectivity index (χ1) is 11.6. The number of amides is 2. The highest BCUT2D eigenvalue weighted by Gasteiger charge is 2.07. The van der Waals surface area contributed by atoms with Crippen molar-refractivity contribution in [2.45, 2.75) is 19.3 Å². The minimum Gasteiger partial charge on any atom is -0.302 e. The quantitative estimate of drug-likeness (QED) is 0.574. The molecule has 0 aliphatic carbocycles. The second-order valence-electron chi connectivity index (χ2n) is 5.20. The van der Waals surface area contributed by atoms with Crippen LogP contribution in [0.15, 0.2) is 60.7 Å². The SMILES string of the molecule is O=C(Cc1ccccc1)NNC(=S)NC(=O)CCc1ccccc1. The molecule has 5 nitrogen and oxygen atoms in total. The number of benzene rings is 2. The standard InChI is InChI=1S/C18H19N3O2S/c22-16(12-11-14-7-3-1-4-8-14)19-18(24)21-20-17(23)13-15-9-5-2-6-10-15/h1-10H,11-13H2,(H,20,23)(H2,19,21,22,24). The Morgan fingerprint density at radius 3 is 2.00 bits per heavy atom. The predicted octanol–water partition coefficient (Wildman–Crippen LogP) is 1.88. The molecule has 0 fully saturated rings. The van der Waals surface area contributed by atoms with Crippen molar-refractivity contribution in [1.29, 1.82) is 0 Å². The maximum atomic E-state index is 11.8. The van der Waals surface area contributed by atoms with Gasteiger partial charge in [0, 0.05) is 6.42 Å². The van der Waals surface area contributed by atoms with E-state index < -0.39 is 0 Å². The van der Waals surface area contributed by atoms with Crippen molar-refractivity contribution in [2.24, 2.45) is 0 Å². The van der Waals surface area contributed by atoms with Gasteiger partial charge < -0.3 is 5.32 Å². The van der Waals surface area contributed by atoms with E-state index in [1.165, 1.54) is 0 Å². The molecule has 0 unspecified atom stereocenters. The van der Waals surface area contributed by atoms with Crippen molar-refractivity contribution in [3.63, 3.8) is 0 Å². The highest BCUT2D eigenvalue weighted by molar-refractivity contribution is 7.80. The van der Waals surface area contributed by atoms with Crippen LogP contribution in [0.2, 0.25) is 0 Å². The number of aryl methyl sites for hydroxylation is 1. The molecule has 0 saturated heterocycles. The van der Waals surface area contributed by atoms with Crippen LogP contribution in [0.3, 0.4) is 0 Å². The third kappa shape index (κ3) is 6.58. The molecular formula is C18H19N3O2S. The minimum absolute atomic E-state index is 0.0782. The largest absolute Gasteiger partial charge is 0.302 e. The fraction of sp³-hybridized carbons (Fsp3) is 0.167. The number of nitrogens with one attached hydrogen (secondary N) is 3. The van der Waals surface area contributed by atoms with Gasteiger partial charge in [0.15, 0.2) is 5.11 Å². The van der Waals surface area contributed by atoms with Crippen LogP contribution < -0.4 is 16.2 Å². The first-order valence-electron chi connectivity index (χ1n) is 7.60. The van der Waals surface area contributed by atoms with E-state index in [1.54, 1.807) is 0 Å². The van der Waals surface area contributed by atoms with Crippen LogP contribution >= 0.6 is 12.2 Å². The van der Waals surface area contributed by atoms with Crippen molar-refractivity contribution < 1.29 is 9.59 Å². The Morgan fingerprint density at radius 2 is 1.38 bits per heavy atom. The van der Waals surface area contributed by atoms with Crippen molar-refractivity contribution in [3.05, 3.63) is 71.8 Å². The molecule has 2 rings (SSSR count). The van der Waals surface area contributed by atoms with E-state index in [0.717, 1.165) is 11.1 Å². The second-order valence-corrected chi connectivity index (χ2v) is 5.61. The van der Waals surface area contributed by atoms with Gasteiger partial charge >= 0.3 is 0 Å². The zero-order chi connectivity index (χ0) is 17.2. The van der Waals surface area contributed by atoms with Gasteiger partial charge in [-0.1, -0.05) is 60.7 Å². The van der Waals surface area contributed by atoms with Crippen LogP contribution in [-0.4, -0.2) is 16.9 Å². The number of carbonyl (C=O) groups excluding carboxylic acids is 2. The minimum atomic E-state index is -0.234. The molecule has 0 bridgehead atoms. The maximum Gasteiger partial charge on any atom is 0.242 e. The lowest BCUT2D eigenvalue weighted by molar-refractivity contribution is -0.122. The topological polar surface area (TPSA) is 70.2 Å². The van der Waals surface area contributed by atoms with Gasteiger partial charge in [0.2, 0.25) is 11.8 Å². The Hall–Kier alpha value is -2.73. The number of rotatable bonds is 5. The first kappa shape index (κ1) is 17.6. The van der Waals surface area contributed by atoms with E-state index in [4.69, 9.17) is 12.2 Å². The Bertz CT molecular complexity index is 690. The zero-order valence-electron chi connectivity index (χ0n) is 13.1. The van der Waals surface area contributed by atoms with Crippen molar-refractivity contribution in [2.75, 3.05) is 0 Å². The van der Waals surface area contributed by atoms with Crippen LogP contribution in [0.25, 0.3) is 0 Å². The summed E-state index contributed by atoms with van der Waals surface area (Å²) < 4.78 is 0. The molecule has 0 radical (unpaired) electrons. The van der Waals surface area contributed by atoms with Gasteiger partial charge in [-0.3, -0.25) is 20.4 Å². The molecule has 2 aromatic carbocycles. The molecule has 6 heteroatoms. The van der Waals surface area contributed by atoms with E-state index in [-0.39, 0.29) is 23.3 Å². The number of hydrazine groups is 1. The van der Waals surface area contributed by atoms with E-state index in [9.17, 15) is 9.59 Å². The Balaban J connectivity index is 1.65. The van der Waals surface area contributed by atoms with Gasteiger partial charge in [0.05, 0.1) is 6.42 Å². The molecule has 0 heterocycles. The average Bonchev–Trinajstić information content (AvgIpc) is 2.60.